The van der Waals surface area contributed by atoms with Crippen LogP contribution >= 0.6 is 0 Å². The number of carbonyl (C=O) groups excluding carboxylic acids is 3. The molecule has 0 aliphatic rings. The molecule has 6 heteroatoms. The Bertz CT molecular complexity index is 1640. The highest BCUT2D eigenvalue weighted by Crippen LogP contribution is 2.16. The molecule has 0 spiro atoms. The minimum atomic E-state index is -0.792. The molecule has 0 bridgehead atoms. The van der Waals surface area contributed by atoms with E-state index in [0.717, 1.165) is 116 Å². The number of rotatable bonds is 63. The maximum Gasteiger partial charge on any atom is 0.306 e. The highest BCUT2D eigenvalue weighted by atomic mass is 16.6. The number of hydrogen-bond acceptors (Lipinski definition) is 6. The Balaban J connectivity index is 4.40. The Hall–Kier alpha value is -3.93. The predicted molar refractivity (Wildman–Crippen MR) is 357 cm³/mol. The SMILES string of the molecule is CC/C=C\C/C=C\C/C=C\C/C=C\CCCCCCCCCCC(=O)OC(COC(=O)CCCCCCCCC/C=C\C/C=C\CCCCCC)COC(=O)CCCCCCCCCCCC/C=C\C/C=C\C/C=C\CCCCCCC. The van der Waals surface area contributed by atoms with Crippen molar-refractivity contribution in [2.75, 3.05) is 13.2 Å². The molecule has 0 aromatic carbocycles. The Labute approximate surface area is 508 Å². The molecule has 0 saturated heterocycles. The van der Waals surface area contributed by atoms with Crippen LogP contribution in [0.2, 0.25) is 0 Å². The van der Waals surface area contributed by atoms with Gasteiger partial charge in [-0.3, -0.25) is 14.4 Å². The fourth-order valence-corrected chi connectivity index (χ4v) is 9.77. The second-order valence-corrected chi connectivity index (χ2v) is 23.1. The molecule has 0 aliphatic heterocycles. The number of allylic oxidation sites excluding steroid dienone is 18. The van der Waals surface area contributed by atoms with Gasteiger partial charge in [0.05, 0.1) is 0 Å². The molecule has 0 rings (SSSR count). The van der Waals surface area contributed by atoms with Crippen molar-refractivity contribution < 1.29 is 28.6 Å². The van der Waals surface area contributed by atoms with E-state index < -0.39 is 6.10 Å². The summed E-state index contributed by atoms with van der Waals surface area (Å²) in [4.78, 5) is 38.5. The van der Waals surface area contributed by atoms with Gasteiger partial charge in [-0.25, -0.2) is 0 Å². The molecule has 6 nitrogen and oxygen atoms in total. The van der Waals surface area contributed by atoms with E-state index in [4.69, 9.17) is 14.2 Å². The average Bonchev–Trinajstić information content (AvgIpc) is 3.47. The summed E-state index contributed by atoms with van der Waals surface area (Å²) in [6.45, 7) is 6.52. The van der Waals surface area contributed by atoms with Gasteiger partial charge in [-0.1, -0.05) is 297 Å². The molecule has 0 fully saturated rings. The summed E-state index contributed by atoms with van der Waals surface area (Å²) in [5.74, 6) is -0.893. The molecule has 0 aromatic rings. The van der Waals surface area contributed by atoms with Gasteiger partial charge in [0, 0.05) is 19.3 Å². The van der Waals surface area contributed by atoms with Crippen LogP contribution in [-0.4, -0.2) is 37.2 Å². The van der Waals surface area contributed by atoms with E-state index in [1.807, 2.05) is 0 Å². The maximum absolute atomic E-state index is 13.0. The fourth-order valence-electron chi connectivity index (χ4n) is 9.77. The van der Waals surface area contributed by atoms with Crippen LogP contribution in [0.3, 0.4) is 0 Å². The molecule has 0 amide bonds. The van der Waals surface area contributed by atoms with Gasteiger partial charge in [-0.15, -0.1) is 0 Å². The Morgan fingerprint density at radius 2 is 0.476 bits per heavy atom. The molecule has 1 unspecified atom stereocenters. The first-order valence-electron chi connectivity index (χ1n) is 34.9. The first-order chi connectivity index (χ1) is 40.5. The monoisotopic (exact) mass is 1140 g/mol. The average molecular weight is 1140 g/mol. The van der Waals surface area contributed by atoms with Crippen molar-refractivity contribution in [3.63, 3.8) is 0 Å². The lowest BCUT2D eigenvalue weighted by molar-refractivity contribution is -0.167. The maximum atomic E-state index is 13.0. The molecule has 0 saturated carbocycles. The van der Waals surface area contributed by atoms with Crippen molar-refractivity contribution in [1.82, 2.24) is 0 Å². The van der Waals surface area contributed by atoms with Crippen LogP contribution in [-0.2, 0) is 28.6 Å². The topological polar surface area (TPSA) is 78.9 Å². The van der Waals surface area contributed by atoms with Crippen LogP contribution < -0.4 is 0 Å². The van der Waals surface area contributed by atoms with E-state index in [9.17, 15) is 14.4 Å². The number of esters is 3. The zero-order chi connectivity index (χ0) is 59.2. The summed E-state index contributed by atoms with van der Waals surface area (Å²) in [6.07, 6.45) is 95.2. The number of carbonyl (C=O) groups is 3. The van der Waals surface area contributed by atoms with Crippen LogP contribution in [0.25, 0.3) is 0 Å². The number of ether oxygens (including phenoxy) is 3. The van der Waals surface area contributed by atoms with Gasteiger partial charge in [-0.2, -0.15) is 0 Å². The molecular weight excluding hydrogens is 1010 g/mol. The summed E-state index contributed by atoms with van der Waals surface area (Å²) in [5, 5.41) is 0. The molecule has 0 aromatic heterocycles. The zero-order valence-corrected chi connectivity index (χ0v) is 54.0. The first-order valence-corrected chi connectivity index (χ1v) is 34.9. The molecule has 82 heavy (non-hydrogen) atoms. The Morgan fingerprint density at radius 3 is 0.756 bits per heavy atom. The van der Waals surface area contributed by atoms with E-state index in [1.54, 1.807) is 0 Å². The standard InChI is InChI=1S/C76H130O6/c1-4-7-10-13-16-19-22-25-28-31-34-36-37-38-39-41-42-45-48-51-54-57-60-63-66-69-75(78)81-72-73(71-80-74(77)68-65-62-59-56-53-50-47-44-33-30-27-24-21-18-15-12-9-6-3)82-76(79)70-67-64-61-58-55-52-49-46-43-40-35-32-29-26-23-20-17-14-11-8-5-2/h8,11,17,20-22,24-26,29-31,33-35,37-38,40,73H,4-7,9-10,12-16,18-19,23,27-28,32,36,39,41-72H2,1-3H3/b11-8-,20-17-,24-21-,25-22-,29-26-,33-30-,34-31-,38-37-,40-35-. The Morgan fingerprint density at radius 1 is 0.256 bits per heavy atom. The summed E-state index contributed by atoms with van der Waals surface area (Å²) >= 11 is 0. The molecule has 0 radical (unpaired) electrons. The lowest BCUT2D eigenvalue weighted by Gasteiger charge is -2.18. The third-order valence-corrected chi connectivity index (χ3v) is 15.0. The lowest BCUT2D eigenvalue weighted by Crippen LogP contribution is -2.30. The van der Waals surface area contributed by atoms with Crippen molar-refractivity contribution in [1.29, 1.82) is 0 Å². The predicted octanol–water partition coefficient (Wildman–Crippen LogP) is 24.2. The quantitative estimate of drug-likeness (QED) is 0.0261. The van der Waals surface area contributed by atoms with Crippen molar-refractivity contribution in [2.24, 2.45) is 0 Å². The first kappa shape index (κ1) is 78.1. The summed E-state index contributed by atoms with van der Waals surface area (Å²) in [5.41, 5.74) is 0. The van der Waals surface area contributed by atoms with Crippen LogP contribution in [0.1, 0.15) is 335 Å². The molecule has 1 atom stereocenters. The molecule has 0 N–H and O–H groups in total. The normalized spacial score (nSPS) is 12.8. The van der Waals surface area contributed by atoms with E-state index in [0.29, 0.717) is 19.3 Å². The third-order valence-electron chi connectivity index (χ3n) is 15.0. The van der Waals surface area contributed by atoms with Gasteiger partial charge < -0.3 is 14.2 Å². The smallest absolute Gasteiger partial charge is 0.306 e. The number of unbranched alkanes of at least 4 members (excludes halogenated alkanes) is 34. The molecule has 470 valence electrons. The van der Waals surface area contributed by atoms with Gasteiger partial charge in [0.1, 0.15) is 13.2 Å². The van der Waals surface area contributed by atoms with Crippen molar-refractivity contribution in [3.8, 4) is 0 Å². The summed E-state index contributed by atoms with van der Waals surface area (Å²) < 4.78 is 17.0. The van der Waals surface area contributed by atoms with Crippen molar-refractivity contribution in [2.45, 2.75) is 341 Å². The summed E-state index contributed by atoms with van der Waals surface area (Å²) in [7, 11) is 0. The third kappa shape index (κ3) is 66.9. The van der Waals surface area contributed by atoms with Crippen LogP contribution in [0, 0.1) is 0 Å². The van der Waals surface area contributed by atoms with Crippen LogP contribution in [0.4, 0.5) is 0 Å². The van der Waals surface area contributed by atoms with E-state index in [2.05, 4.69) is 130 Å². The van der Waals surface area contributed by atoms with Gasteiger partial charge in [0.25, 0.3) is 0 Å². The van der Waals surface area contributed by atoms with Crippen LogP contribution in [0.5, 0.6) is 0 Å². The number of hydrogen-bond donors (Lipinski definition) is 0. The molecule has 0 aliphatic carbocycles. The molecular formula is C76H130O6. The second-order valence-electron chi connectivity index (χ2n) is 23.1. The van der Waals surface area contributed by atoms with Gasteiger partial charge in [0.15, 0.2) is 6.10 Å². The summed E-state index contributed by atoms with van der Waals surface area (Å²) in [6, 6.07) is 0. The second kappa shape index (κ2) is 69.6. The highest BCUT2D eigenvalue weighted by Gasteiger charge is 2.19. The van der Waals surface area contributed by atoms with Crippen molar-refractivity contribution >= 4 is 17.9 Å². The highest BCUT2D eigenvalue weighted by molar-refractivity contribution is 5.71. The fraction of sp³-hybridized carbons (Fsp3) is 0.724. The van der Waals surface area contributed by atoms with Crippen LogP contribution in [0.15, 0.2) is 109 Å². The van der Waals surface area contributed by atoms with Gasteiger partial charge >= 0.3 is 17.9 Å². The Kier molecular flexibility index (Phi) is 66.2. The van der Waals surface area contributed by atoms with E-state index in [-0.39, 0.29) is 31.1 Å². The van der Waals surface area contributed by atoms with E-state index >= 15 is 0 Å². The van der Waals surface area contributed by atoms with Gasteiger partial charge in [0.2, 0.25) is 0 Å². The molecule has 0 heterocycles. The van der Waals surface area contributed by atoms with E-state index in [1.165, 1.54) is 180 Å². The zero-order valence-electron chi connectivity index (χ0n) is 54.0. The van der Waals surface area contributed by atoms with Crippen molar-refractivity contribution in [3.05, 3.63) is 109 Å². The minimum absolute atomic E-state index is 0.0861. The van der Waals surface area contributed by atoms with Gasteiger partial charge in [-0.05, 0) is 128 Å². The largest absolute Gasteiger partial charge is 0.462 e. The minimum Gasteiger partial charge on any atom is -0.462 e. The lowest BCUT2D eigenvalue weighted by atomic mass is 10.1.